The Morgan fingerprint density at radius 3 is 1.42 bits per heavy atom. The standard InChI is InChI=1S/C49H93NO10/c1-3-5-7-9-11-13-15-17-19-20-21-22-23-25-27-29-31-33-35-37-42(53)48(58)50-40(39-59-49-47(57)46(56)45(55)43(38-51)60-49)44(54)41(52)36-34-32-30-28-26-24-18-16-14-12-10-8-6-4-2/h13,15,18,24,40-47,49,51-57H,3-12,14,16-17,19-23,25-39H2,1-2H3,(H,50,58). The van der Waals surface area contributed by atoms with Crippen molar-refractivity contribution in [1.82, 2.24) is 5.32 Å². The second-order valence-electron chi connectivity index (χ2n) is 17.5. The summed E-state index contributed by atoms with van der Waals surface area (Å²) < 4.78 is 11.1. The van der Waals surface area contributed by atoms with Crippen molar-refractivity contribution < 1.29 is 50.0 Å². The number of carbonyl (C=O) groups excluding carboxylic acids is 1. The molecule has 11 nitrogen and oxygen atoms in total. The topological polar surface area (TPSA) is 189 Å². The predicted molar refractivity (Wildman–Crippen MR) is 242 cm³/mol. The first-order valence-corrected chi connectivity index (χ1v) is 24.7. The molecule has 9 atom stereocenters. The smallest absolute Gasteiger partial charge is 0.249 e. The summed E-state index contributed by atoms with van der Waals surface area (Å²) in [7, 11) is 0. The van der Waals surface area contributed by atoms with E-state index in [0.717, 1.165) is 51.4 Å². The number of aliphatic hydroxyl groups is 7. The molecular weight excluding hydrogens is 763 g/mol. The Balaban J connectivity index is 2.41. The summed E-state index contributed by atoms with van der Waals surface area (Å²) in [4.78, 5) is 13.1. The third-order valence-corrected chi connectivity index (χ3v) is 12.0. The average molecular weight is 856 g/mol. The fourth-order valence-electron chi connectivity index (χ4n) is 7.84. The number of aliphatic hydroxyl groups excluding tert-OH is 7. The minimum Gasteiger partial charge on any atom is -0.394 e. The van der Waals surface area contributed by atoms with Crippen molar-refractivity contribution in [1.29, 1.82) is 0 Å². The SMILES string of the molecule is CCCCCCC=CCCCCCCCCCCCCCC(O)C(=O)NC(COC1OC(CO)C(O)C(O)C1O)C(O)C(O)CCCCCCC=CCCCCCCCC. The van der Waals surface area contributed by atoms with Crippen LogP contribution in [0.15, 0.2) is 24.3 Å². The van der Waals surface area contributed by atoms with E-state index in [0.29, 0.717) is 19.3 Å². The summed E-state index contributed by atoms with van der Waals surface area (Å²) >= 11 is 0. The van der Waals surface area contributed by atoms with Gasteiger partial charge in [-0.3, -0.25) is 4.79 Å². The van der Waals surface area contributed by atoms with Crippen molar-refractivity contribution in [2.45, 2.75) is 268 Å². The molecule has 1 amide bonds. The van der Waals surface area contributed by atoms with Crippen LogP contribution in [0.2, 0.25) is 0 Å². The first-order chi connectivity index (χ1) is 29.2. The molecule has 11 heteroatoms. The molecule has 0 saturated carbocycles. The first-order valence-electron chi connectivity index (χ1n) is 24.7. The highest BCUT2D eigenvalue weighted by Gasteiger charge is 2.44. The predicted octanol–water partition coefficient (Wildman–Crippen LogP) is 8.62. The second kappa shape index (κ2) is 39.2. The van der Waals surface area contributed by atoms with Gasteiger partial charge in [-0.1, -0.05) is 173 Å². The molecule has 9 unspecified atom stereocenters. The van der Waals surface area contributed by atoms with E-state index in [2.05, 4.69) is 43.5 Å². The Kier molecular flexibility index (Phi) is 37.0. The highest BCUT2D eigenvalue weighted by Crippen LogP contribution is 2.23. The van der Waals surface area contributed by atoms with Gasteiger partial charge in [0.15, 0.2) is 6.29 Å². The quantitative estimate of drug-likeness (QED) is 0.0218. The number of carbonyl (C=O) groups is 1. The number of unbranched alkanes of at least 4 members (excludes halogenated alkanes) is 25. The molecule has 0 aromatic rings. The minimum atomic E-state index is -1.66. The lowest BCUT2D eigenvalue weighted by atomic mass is 9.98. The Labute approximate surface area is 365 Å². The van der Waals surface area contributed by atoms with Crippen LogP contribution in [-0.4, -0.2) is 110 Å². The van der Waals surface area contributed by atoms with Crippen molar-refractivity contribution in [3.63, 3.8) is 0 Å². The lowest BCUT2D eigenvalue weighted by molar-refractivity contribution is -0.303. The zero-order valence-corrected chi connectivity index (χ0v) is 38.2. The molecule has 1 aliphatic heterocycles. The minimum absolute atomic E-state index is 0.257. The van der Waals surface area contributed by atoms with E-state index in [9.17, 15) is 40.5 Å². The molecule has 1 rings (SSSR count). The van der Waals surface area contributed by atoms with E-state index in [-0.39, 0.29) is 6.42 Å². The van der Waals surface area contributed by atoms with Crippen molar-refractivity contribution in [2.24, 2.45) is 0 Å². The van der Waals surface area contributed by atoms with Crippen LogP contribution in [0, 0.1) is 0 Å². The van der Waals surface area contributed by atoms with Gasteiger partial charge < -0.3 is 50.5 Å². The van der Waals surface area contributed by atoms with Gasteiger partial charge in [-0.15, -0.1) is 0 Å². The highest BCUT2D eigenvalue weighted by molar-refractivity contribution is 5.80. The highest BCUT2D eigenvalue weighted by atomic mass is 16.7. The van der Waals surface area contributed by atoms with Gasteiger partial charge in [0.05, 0.1) is 25.4 Å². The van der Waals surface area contributed by atoms with Gasteiger partial charge in [-0.05, 0) is 64.2 Å². The summed E-state index contributed by atoms with van der Waals surface area (Å²) in [5, 5.41) is 75.8. The molecule has 1 aliphatic rings. The fourth-order valence-corrected chi connectivity index (χ4v) is 7.84. The maximum Gasteiger partial charge on any atom is 0.249 e. The van der Waals surface area contributed by atoms with Crippen molar-refractivity contribution in [3.05, 3.63) is 24.3 Å². The van der Waals surface area contributed by atoms with Gasteiger partial charge in [-0.25, -0.2) is 0 Å². The lowest BCUT2D eigenvalue weighted by Crippen LogP contribution is -2.60. The van der Waals surface area contributed by atoms with E-state index >= 15 is 0 Å². The molecule has 1 heterocycles. The molecule has 1 fully saturated rings. The summed E-state index contributed by atoms with van der Waals surface area (Å²) in [5.41, 5.74) is 0. The van der Waals surface area contributed by atoms with Crippen LogP contribution >= 0.6 is 0 Å². The van der Waals surface area contributed by atoms with E-state index in [1.807, 2.05) is 0 Å². The van der Waals surface area contributed by atoms with E-state index in [1.165, 1.54) is 122 Å². The number of hydrogen-bond donors (Lipinski definition) is 8. The third-order valence-electron chi connectivity index (χ3n) is 12.0. The maximum atomic E-state index is 13.1. The van der Waals surface area contributed by atoms with Crippen molar-refractivity contribution in [2.75, 3.05) is 13.2 Å². The lowest BCUT2D eigenvalue weighted by Gasteiger charge is -2.40. The zero-order chi connectivity index (χ0) is 44.1. The van der Waals surface area contributed by atoms with Crippen LogP contribution in [0.3, 0.4) is 0 Å². The van der Waals surface area contributed by atoms with Gasteiger partial charge in [0, 0.05) is 0 Å². The molecular formula is C49H93NO10. The monoisotopic (exact) mass is 856 g/mol. The summed E-state index contributed by atoms with van der Waals surface area (Å²) in [6.45, 7) is 3.42. The average Bonchev–Trinajstić information content (AvgIpc) is 3.25. The molecule has 8 N–H and O–H groups in total. The number of allylic oxidation sites excluding steroid dienone is 4. The number of ether oxygens (including phenoxy) is 2. The number of amides is 1. The summed E-state index contributed by atoms with van der Waals surface area (Å²) in [5.74, 6) is -0.702. The van der Waals surface area contributed by atoms with Crippen LogP contribution in [0.1, 0.15) is 213 Å². The fraction of sp³-hybridized carbons (Fsp3) is 0.898. The van der Waals surface area contributed by atoms with Crippen LogP contribution in [0.25, 0.3) is 0 Å². The maximum absolute atomic E-state index is 13.1. The molecule has 354 valence electrons. The molecule has 0 aromatic carbocycles. The molecule has 0 radical (unpaired) electrons. The van der Waals surface area contributed by atoms with Crippen molar-refractivity contribution in [3.8, 4) is 0 Å². The molecule has 0 spiro atoms. The largest absolute Gasteiger partial charge is 0.394 e. The normalized spacial score (nSPS) is 21.8. The molecule has 0 aliphatic carbocycles. The van der Waals surface area contributed by atoms with Crippen LogP contribution < -0.4 is 5.32 Å². The summed E-state index contributed by atoms with van der Waals surface area (Å²) in [6.07, 6.45) is 32.2. The Bertz CT molecular complexity index is 1030. The zero-order valence-electron chi connectivity index (χ0n) is 38.2. The molecule has 1 saturated heterocycles. The summed E-state index contributed by atoms with van der Waals surface area (Å²) in [6, 6.07) is -1.17. The van der Waals surface area contributed by atoms with Gasteiger partial charge in [0.1, 0.15) is 36.6 Å². The molecule has 60 heavy (non-hydrogen) atoms. The Morgan fingerprint density at radius 2 is 0.967 bits per heavy atom. The number of rotatable bonds is 41. The number of hydrogen-bond acceptors (Lipinski definition) is 10. The second-order valence-corrected chi connectivity index (χ2v) is 17.5. The van der Waals surface area contributed by atoms with Crippen LogP contribution in [0.4, 0.5) is 0 Å². The van der Waals surface area contributed by atoms with Crippen LogP contribution in [0.5, 0.6) is 0 Å². The van der Waals surface area contributed by atoms with E-state index in [1.54, 1.807) is 0 Å². The van der Waals surface area contributed by atoms with Gasteiger partial charge in [-0.2, -0.15) is 0 Å². The molecule has 0 bridgehead atoms. The third kappa shape index (κ3) is 28.3. The van der Waals surface area contributed by atoms with Crippen molar-refractivity contribution >= 4 is 5.91 Å². The molecule has 0 aromatic heterocycles. The van der Waals surface area contributed by atoms with Gasteiger partial charge in [0.25, 0.3) is 0 Å². The van der Waals surface area contributed by atoms with Gasteiger partial charge in [0.2, 0.25) is 5.91 Å². The first kappa shape index (κ1) is 56.6. The Morgan fingerprint density at radius 1 is 0.567 bits per heavy atom. The Hall–Kier alpha value is -1.41. The van der Waals surface area contributed by atoms with E-state index in [4.69, 9.17) is 9.47 Å². The van der Waals surface area contributed by atoms with Crippen LogP contribution in [-0.2, 0) is 14.3 Å². The van der Waals surface area contributed by atoms with E-state index < -0.39 is 74.2 Å². The number of nitrogens with one attached hydrogen (secondary N) is 1. The van der Waals surface area contributed by atoms with Gasteiger partial charge >= 0.3 is 0 Å².